The van der Waals surface area contributed by atoms with Gasteiger partial charge in [-0.15, -0.1) is 0 Å². The Morgan fingerprint density at radius 2 is 1.64 bits per heavy atom. The highest BCUT2D eigenvalue weighted by molar-refractivity contribution is 5.94. The highest BCUT2D eigenvalue weighted by Gasteiger charge is 2.20. The van der Waals surface area contributed by atoms with Crippen molar-refractivity contribution in [2.45, 2.75) is 6.92 Å². The van der Waals surface area contributed by atoms with E-state index in [0.717, 1.165) is 43.0 Å². The number of piperazine rings is 1. The molecule has 8 heteroatoms. The normalized spacial score (nSPS) is 14.9. The molecule has 0 spiro atoms. The molecule has 2 heterocycles. The number of carbonyl (C=O) groups is 1. The van der Waals surface area contributed by atoms with Crippen LogP contribution >= 0.6 is 0 Å². The summed E-state index contributed by atoms with van der Waals surface area (Å²) in [4.78, 5) is 39.7. The van der Waals surface area contributed by atoms with Gasteiger partial charge in [-0.25, -0.2) is 4.79 Å². The van der Waals surface area contributed by atoms with E-state index in [2.05, 4.69) is 9.80 Å². The second-order valence-electron chi connectivity index (χ2n) is 7.00. The minimum Gasteiger partial charge on any atom is -0.492 e. The van der Waals surface area contributed by atoms with Crippen LogP contribution in [0.2, 0.25) is 0 Å². The van der Waals surface area contributed by atoms with Gasteiger partial charge in [0.25, 0.3) is 5.56 Å². The minimum atomic E-state index is -0.311. The number of rotatable bonds is 6. The molecule has 1 aliphatic rings. The zero-order valence-electron chi connectivity index (χ0n) is 16.6. The molecule has 1 aliphatic heterocycles. The van der Waals surface area contributed by atoms with Gasteiger partial charge >= 0.3 is 5.69 Å². The molecule has 1 saturated heterocycles. The molecule has 8 nitrogen and oxygen atoms in total. The maximum absolute atomic E-state index is 12.1. The lowest BCUT2D eigenvalue weighted by Crippen LogP contribution is -2.50. The third-order valence-electron chi connectivity index (χ3n) is 5.13. The van der Waals surface area contributed by atoms with Gasteiger partial charge in [0.05, 0.1) is 0 Å². The number of benzene rings is 1. The average molecular weight is 386 g/mol. The summed E-state index contributed by atoms with van der Waals surface area (Å²) < 4.78 is 8.39. The number of anilines is 1. The van der Waals surface area contributed by atoms with Crippen LogP contribution in [0.5, 0.6) is 5.75 Å². The van der Waals surface area contributed by atoms with Crippen molar-refractivity contribution in [1.29, 1.82) is 0 Å². The van der Waals surface area contributed by atoms with Gasteiger partial charge in [0, 0.05) is 58.4 Å². The van der Waals surface area contributed by atoms with E-state index in [1.165, 1.54) is 17.7 Å². The van der Waals surface area contributed by atoms with Gasteiger partial charge in [-0.3, -0.25) is 23.6 Å². The van der Waals surface area contributed by atoms with Crippen LogP contribution in [0.25, 0.3) is 0 Å². The quantitative estimate of drug-likeness (QED) is 0.673. The first-order valence-electron chi connectivity index (χ1n) is 9.35. The van der Waals surface area contributed by atoms with E-state index in [4.69, 9.17) is 4.74 Å². The van der Waals surface area contributed by atoms with E-state index in [1.807, 2.05) is 12.1 Å². The van der Waals surface area contributed by atoms with Crippen molar-refractivity contribution in [2.75, 3.05) is 44.2 Å². The number of ether oxygens (including phenoxy) is 1. The topological polar surface area (TPSA) is 76.8 Å². The zero-order valence-corrected chi connectivity index (χ0v) is 16.6. The Morgan fingerprint density at radius 3 is 2.25 bits per heavy atom. The van der Waals surface area contributed by atoms with Gasteiger partial charge in [-0.2, -0.15) is 0 Å². The summed E-state index contributed by atoms with van der Waals surface area (Å²) in [6.07, 6.45) is 0. The van der Waals surface area contributed by atoms with Crippen molar-refractivity contribution < 1.29 is 9.53 Å². The van der Waals surface area contributed by atoms with Crippen molar-refractivity contribution in [3.63, 3.8) is 0 Å². The van der Waals surface area contributed by atoms with Crippen molar-refractivity contribution in [1.82, 2.24) is 14.0 Å². The van der Waals surface area contributed by atoms with Crippen LogP contribution < -0.4 is 20.9 Å². The number of carbonyl (C=O) groups excluding carboxylic acids is 1. The lowest BCUT2D eigenvalue weighted by atomic mass is 10.1. The molecule has 0 saturated carbocycles. The highest BCUT2D eigenvalue weighted by Crippen LogP contribution is 2.14. The molecular weight excluding hydrogens is 360 g/mol. The molecule has 1 aromatic carbocycles. The van der Waals surface area contributed by atoms with Gasteiger partial charge in [0.15, 0.2) is 5.78 Å². The molecule has 150 valence electrons. The van der Waals surface area contributed by atoms with Crippen molar-refractivity contribution in [3.05, 3.63) is 56.7 Å². The summed E-state index contributed by atoms with van der Waals surface area (Å²) in [6.45, 7) is 6.04. The largest absolute Gasteiger partial charge is 0.492 e. The summed E-state index contributed by atoms with van der Waals surface area (Å²) in [5, 5.41) is 0. The van der Waals surface area contributed by atoms with Gasteiger partial charge in [-0.1, -0.05) is 0 Å². The summed E-state index contributed by atoms with van der Waals surface area (Å²) >= 11 is 0. The Balaban J connectivity index is 1.50. The van der Waals surface area contributed by atoms with Crippen LogP contribution in [0, 0.1) is 0 Å². The van der Waals surface area contributed by atoms with E-state index in [9.17, 15) is 14.4 Å². The van der Waals surface area contributed by atoms with E-state index in [-0.39, 0.29) is 17.0 Å². The number of hydrogen-bond acceptors (Lipinski definition) is 6. The summed E-state index contributed by atoms with van der Waals surface area (Å²) in [6, 6.07) is 8.68. The second kappa shape index (κ2) is 8.43. The number of aromatic nitrogens is 2. The van der Waals surface area contributed by atoms with Crippen LogP contribution in [-0.2, 0) is 14.1 Å². The zero-order chi connectivity index (χ0) is 20.3. The van der Waals surface area contributed by atoms with Crippen LogP contribution in [0.15, 0.2) is 39.9 Å². The molecule has 0 radical (unpaired) electrons. The van der Waals surface area contributed by atoms with Crippen LogP contribution in [0.1, 0.15) is 17.3 Å². The first-order chi connectivity index (χ1) is 13.4. The molecule has 0 unspecified atom stereocenters. The Hall–Kier alpha value is -2.87. The van der Waals surface area contributed by atoms with E-state index < -0.39 is 0 Å². The fraction of sp³-hybridized carbons (Fsp3) is 0.450. The van der Waals surface area contributed by atoms with E-state index >= 15 is 0 Å². The first-order valence-corrected chi connectivity index (χ1v) is 9.35. The monoisotopic (exact) mass is 386 g/mol. The Labute approximate surface area is 163 Å². The highest BCUT2D eigenvalue weighted by atomic mass is 16.5. The van der Waals surface area contributed by atoms with Gasteiger partial charge in [0.2, 0.25) is 0 Å². The number of ketones is 1. The van der Waals surface area contributed by atoms with Crippen molar-refractivity contribution >= 4 is 11.6 Å². The second-order valence-corrected chi connectivity index (χ2v) is 7.00. The molecule has 0 amide bonds. The maximum Gasteiger partial charge on any atom is 0.332 e. The smallest absolute Gasteiger partial charge is 0.332 e. The molecule has 0 bridgehead atoms. The Morgan fingerprint density at radius 1 is 1.00 bits per heavy atom. The molecule has 0 aliphatic carbocycles. The van der Waals surface area contributed by atoms with Crippen LogP contribution in [0.4, 0.5) is 5.82 Å². The summed E-state index contributed by atoms with van der Waals surface area (Å²) in [5.41, 5.74) is 0.0763. The molecular formula is C20H26N4O4. The summed E-state index contributed by atoms with van der Waals surface area (Å²) in [7, 11) is 3.18. The SMILES string of the molecule is CC(=O)c1ccc(OCCN2CCN(c3cc(=O)n(C)c(=O)n3C)CC2)cc1. The lowest BCUT2D eigenvalue weighted by molar-refractivity contribution is 0.101. The lowest BCUT2D eigenvalue weighted by Gasteiger charge is -2.36. The number of nitrogens with zero attached hydrogens (tertiary/aromatic N) is 4. The molecule has 0 atom stereocenters. The minimum absolute atomic E-state index is 0.0400. The third kappa shape index (κ3) is 4.33. The van der Waals surface area contributed by atoms with E-state index in [0.29, 0.717) is 18.0 Å². The summed E-state index contributed by atoms with van der Waals surface area (Å²) in [5.74, 6) is 1.45. The number of hydrogen-bond donors (Lipinski definition) is 0. The third-order valence-corrected chi connectivity index (χ3v) is 5.13. The standard InChI is InChI=1S/C20H26N4O4/c1-15(25)16-4-6-17(7-5-16)28-13-12-23-8-10-24(11-9-23)18-14-19(26)22(3)20(27)21(18)2/h4-7,14H,8-13H2,1-3H3. The average Bonchev–Trinajstić information content (AvgIpc) is 2.70. The predicted octanol–water partition coefficient (Wildman–Crippen LogP) is 0.488. The molecule has 1 fully saturated rings. The van der Waals surface area contributed by atoms with Crippen molar-refractivity contribution in [3.8, 4) is 5.75 Å². The van der Waals surface area contributed by atoms with Gasteiger partial charge in [0.1, 0.15) is 18.2 Å². The Kier molecular flexibility index (Phi) is 5.99. The molecule has 0 N–H and O–H groups in total. The fourth-order valence-corrected chi connectivity index (χ4v) is 3.30. The van der Waals surface area contributed by atoms with Crippen LogP contribution in [-0.4, -0.2) is 59.1 Å². The van der Waals surface area contributed by atoms with Gasteiger partial charge < -0.3 is 9.64 Å². The fourth-order valence-electron chi connectivity index (χ4n) is 3.30. The molecule has 3 rings (SSSR count). The molecule has 2 aromatic rings. The van der Waals surface area contributed by atoms with E-state index in [1.54, 1.807) is 26.1 Å². The predicted molar refractivity (Wildman–Crippen MR) is 108 cm³/mol. The Bertz CT molecular complexity index is 954. The van der Waals surface area contributed by atoms with Crippen LogP contribution in [0.3, 0.4) is 0 Å². The first kappa shape index (κ1) is 19.9. The number of Topliss-reactive ketones (excluding diaryl/α,β-unsaturated/α-hetero) is 1. The molecule has 28 heavy (non-hydrogen) atoms. The van der Waals surface area contributed by atoms with Gasteiger partial charge in [-0.05, 0) is 31.2 Å². The van der Waals surface area contributed by atoms with Crippen molar-refractivity contribution in [2.24, 2.45) is 14.1 Å². The molecule has 1 aromatic heterocycles. The maximum atomic E-state index is 12.1.